The van der Waals surface area contributed by atoms with Crippen molar-refractivity contribution in [2.24, 2.45) is 0 Å². The predicted octanol–water partition coefficient (Wildman–Crippen LogP) is 2.21. The number of piperazine rings is 1. The SMILES string of the molecule is COc1cc(-c2ccc(N3CCN(Cc4cnc5c(c4)NC(=O)[C@@H]4CCCCN54)CC3)cc2)ccn1.C[P+](C)(C)CC#N.[I-]. The summed E-state index contributed by atoms with van der Waals surface area (Å²) in [6.45, 7) is 12.2. The number of anilines is 3. The Bertz CT molecular complexity index is 1450. The standard InChI is InChI=1S/C28H32N6O2.C5H11NP.HI/c1-36-26-17-22(9-10-29-26)21-5-7-23(8-6-21)33-14-12-32(13-15-33)19-20-16-24-27(30-18-20)34-11-3-2-4-25(34)28(35)31-24;1-7(2,3)5-4-6;/h5-10,16-18,25H,2-4,11-15,19H2,1H3,(H,31,35);5H2,1-3H3;1H/q;+1;/p-1/t25-;;/m0../s1. The fourth-order valence-corrected chi connectivity index (χ4v) is 6.21. The number of rotatable bonds is 6. The molecular formula is C33H43IN7O2P. The molecule has 1 atom stereocenters. The van der Waals surface area contributed by atoms with E-state index in [1.165, 1.54) is 5.69 Å². The molecule has 2 fully saturated rings. The molecule has 0 saturated carbocycles. The largest absolute Gasteiger partial charge is 1.00 e. The number of ether oxygens (including phenoxy) is 1. The summed E-state index contributed by atoms with van der Waals surface area (Å²) in [5, 5.41) is 11.3. The van der Waals surface area contributed by atoms with Gasteiger partial charge in [0.25, 0.3) is 0 Å². The Labute approximate surface area is 279 Å². The number of hydrogen-bond donors (Lipinski definition) is 1. The number of carbonyl (C=O) groups is 1. The zero-order valence-electron chi connectivity index (χ0n) is 26.2. The van der Waals surface area contributed by atoms with Crippen LogP contribution in [0.1, 0.15) is 24.8 Å². The predicted molar refractivity (Wildman–Crippen MR) is 177 cm³/mol. The van der Waals surface area contributed by atoms with Gasteiger partial charge in [-0.1, -0.05) is 12.1 Å². The molecule has 1 amide bonds. The Kier molecular flexibility index (Phi) is 11.8. The third-order valence-electron chi connectivity index (χ3n) is 8.09. The molecule has 6 rings (SSSR count). The molecule has 2 saturated heterocycles. The van der Waals surface area contributed by atoms with Gasteiger partial charge in [-0.15, -0.1) is 0 Å². The third kappa shape index (κ3) is 8.58. The second-order valence-electron chi connectivity index (χ2n) is 12.4. The van der Waals surface area contributed by atoms with Crippen LogP contribution in [0, 0.1) is 11.3 Å². The molecule has 0 aliphatic carbocycles. The minimum absolute atomic E-state index is 0. The van der Waals surface area contributed by atoms with Gasteiger partial charge in [0.1, 0.15) is 18.3 Å². The Balaban J connectivity index is 0.000000497. The Morgan fingerprint density at radius 3 is 2.41 bits per heavy atom. The first-order valence-electron chi connectivity index (χ1n) is 15.1. The highest BCUT2D eigenvalue weighted by atomic mass is 127. The van der Waals surface area contributed by atoms with Crippen LogP contribution < -0.4 is 43.8 Å². The molecule has 3 aliphatic rings. The molecule has 11 heteroatoms. The molecule has 0 radical (unpaired) electrons. The molecule has 234 valence electrons. The van der Waals surface area contributed by atoms with Gasteiger partial charge in [0.15, 0.2) is 5.82 Å². The monoisotopic (exact) mass is 727 g/mol. The van der Waals surface area contributed by atoms with E-state index in [0.717, 1.165) is 92.9 Å². The first-order valence-corrected chi connectivity index (χ1v) is 18.4. The van der Waals surface area contributed by atoms with Crippen molar-refractivity contribution in [3.63, 3.8) is 0 Å². The lowest BCUT2D eigenvalue weighted by Gasteiger charge is -2.40. The number of amides is 1. The maximum absolute atomic E-state index is 12.6. The van der Waals surface area contributed by atoms with Crippen molar-refractivity contribution in [2.45, 2.75) is 31.8 Å². The number of aromatic nitrogens is 2. The van der Waals surface area contributed by atoms with Crippen LogP contribution in [-0.4, -0.2) is 92.8 Å². The summed E-state index contributed by atoms with van der Waals surface area (Å²) in [5.41, 5.74) is 5.51. The van der Waals surface area contributed by atoms with E-state index in [4.69, 9.17) is 15.0 Å². The second-order valence-corrected chi connectivity index (χ2v) is 17.3. The van der Waals surface area contributed by atoms with Crippen molar-refractivity contribution >= 4 is 30.4 Å². The molecule has 1 aromatic carbocycles. The average molecular weight is 728 g/mol. The molecule has 9 nitrogen and oxygen atoms in total. The lowest BCUT2D eigenvalue weighted by Crippen LogP contribution is -3.00. The number of methoxy groups -OCH3 is 1. The van der Waals surface area contributed by atoms with E-state index in [1.54, 1.807) is 13.3 Å². The molecule has 2 aromatic heterocycles. The Morgan fingerprint density at radius 1 is 1.00 bits per heavy atom. The number of nitrogens with zero attached hydrogens (tertiary/aromatic N) is 6. The molecule has 0 bridgehead atoms. The van der Waals surface area contributed by atoms with Gasteiger partial charge >= 0.3 is 0 Å². The van der Waals surface area contributed by atoms with Crippen LogP contribution in [0.2, 0.25) is 0 Å². The van der Waals surface area contributed by atoms with Gasteiger partial charge in [0, 0.05) is 90.7 Å². The number of hydrogen-bond acceptors (Lipinski definition) is 8. The number of nitrogens with one attached hydrogen (secondary N) is 1. The van der Waals surface area contributed by atoms with Crippen LogP contribution in [-0.2, 0) is 11.3 Å². The molecule has 5 heterocycles. The molecule has 0 spiro atoms. The van der Waals surface area contributed by atoms with Crippen LogP contribution in [0.25, 0.3) is 11.1 Å². The summed E-state index contributed by atoms with van der Waals surface area (Å²) in [5.74, 6) is 1.67. The van der Waals surface area contributed by atoms with E-state index in [2.05, 4.69) is 81.4 Å². The zero-order chi connectivity index (χ0) is 30.4. The first-order chi connectivity index (χ1) is 20.7. The van der Waals surface area contributed by atoms with Gasteiger partial charge in [0.2, 0.25) is 11.8 Å². The van der Waals surface area contributed by atoms with E-state index in [1.807, 2.05) is 18.3 Å². The molecule has 3 aliphatic heterocycles. The van der Waals surface area contributed by atoms with E-state index in [0.29, 0.717) is 5.88 Å². The number of nitriles is 1. The van der Waals surface area contributed by atoms with Gasteiger partial charge < -0.3 is 43.8 Å². The van der Waals surface area contributed by atoms with E-state index in [-0.39, 0.29) is 35.9 Å². The van der Waals surface area contributed by atoms with Gasteiger partial charge in [-0.25, -0.2) is 9.97 Å². The van der Waals surface area contributed by atoms with Crippen LogP contribution in [0.4, 0.5) is 17.2 Å². The van der Waals surface area contributed by atoms with Crippen LogP contribution in [0.5, 0.6) is 5.88 Å². The van der Waals surface area contributed by atoms with Gasteiger partial charge in [0.05, 0.1) is 12.8 Å². The molecule has 1 N–H and O–H groups in total. The van der Waals surface area contributed by atoms with Crippen LogP contribution >= 0.6 is 7.26 Å². The normalized spacial score (nSPS) is 18.0. The van der Waals surface area contributed by atoms with Gasteiger partial charge in [-0.2, -0.15) is 5.26 Å². The number of carbonyl (C=O) groups excluding carboxylic acids is 1. The summed E-state index contributed by atoms with van der Waals surface area (Å²) in [4.78, 5) is 28.6. The fraction of sp³-hybridized carbons (Fsp3) is 0.455. The maximum Gasteiger partial charge on any atom is 0.247 e. The number of halogens is 1. The molecule has 3 aromatic rings. The van der Waals surface area contributed by atoms with E-state index < -0.39 is 7.26 Å². The van der Waals surface area contributed by atoms with Crippen LogP contribution in [0.15, 0.2) is 54.9 Å². The summed E-state index contributed by atoms with van der Waals surface area (Å²) in [7, 11) is 0.860. The van der Waals surface area contributed by atoms with Crippen molar-refractivity contribution in [3.8, 4) is 23.1 Å². The Morgan fingerprint density at radius 2 is 1.75 bits per heavy atom. The summed E-state index contributed by atoms with van der Waals surface area (Å²) in [6, 6.07) is 16.9. The third-order valence-corrected chi connectivity index (χ3v) is 9.18. The number of benzene rings is 1. The second kappa shape index (κ2) is 15.3. The lowest BCUT2D eigenvalue weighted by atomic mass is 9.99. The van der Waals surface area contributed by atoms with Gasteiger partial charge in [-0.05, 0) is 60.2 Å². The minimum atomic E-state index is -0.777. The summed E-state index contributed by atoms with van der Waals surface area (Å²) in [6.07, 6.45) is 7.67. The molecule has 44 heavy (non-hydrogen) atoms. The summed E-state index contributed by atoms with van der Waals surface area (Å²) >= 11 is 0. The highest BCUT2D eigenvalue weighted by Gasteiger charge is 2.35. The van der Waals surface area contributed by atoms with Crippen molar-refractivity contribution in [1.29, 1.82) is 5.26 Å². The summed E-state index contributed by atoms with van der Waals surface area (Å²) < 4.78 is 5.25. The number of fused-ring (bicyclic) bond motifs is 3. The van der Waals surface area contributed by atoms with Crippen molar-refractivity contribution in [1.82, 2.24) is 14.9 Å². The van der Waals surface area contributed by atoms with E-state index >= 15 is 0 Å². The fourth-order valence-electron chi connectivity index (χ4n) is 5.78. The van der Waals surface area contributed by atoms with Crippen molar-refractivity contribution < 1.29 is 33.5 Å². The van der Waals surface area contributed by atoms with Crippen LogP contribution in [0.3, 0.4) is 0 Å². The average Bonchev–Trinajstić information content (AvgIpc) is 3.01. The number of piperidine rings is 1. The number of pyridine rings is 2. The molecular weight excluding hydrogens is 684 g/mol. The maximum atomic E-state index is 12.6. The highest BCUT2D eigenvalue weighted by Crippen LogP contribution is 2.45. The quantitative estimate of drug-likeness (QED) is 0.305. The highest BCUT2D eigenvalue weighted by molar-refractivity contribution is 7.73. The van der Waals surface area contributed by atoms with E-state index in [9.17, 15) is 4.79 Å². The molecule has 0 unspecified atom stereocenters. The smallest absolute Gasteiger partial charge is 0.247 e. The van der Waals surface area contributed by atoms with Crippen molar-refractivity contribution in [3.05, 3.63) is 60.4 Å². The minimum Gasteiger partial charge on any atom is -1.00 e. The lowest BCUT2D eigenvalue weighted by molar-refractivity contribution is -0.118. The first kappa shape index (κ1) is 33.9. The van der Waals surface area contributed by atoms with Gasteiger partial charge in [-0.3, -0.25) is 9.69 Å². The zero-order valence-corrected chi connectivity index (χ0v) is 29.2. The topological polar surface area (TPSA) is 97.6 Å². The van der Waals surface area contributed by atoms with Crippen molar-refractivity contribution in [2.75, 3.05) is 81.1 Å². The Hall–Kier alpha value is -3.00.